The van der Waals surface area contributed by atoms with Crippen LogP contribution >= 0.6 is 0 Å². The number of para-hydroxylation sites is 1. The Morgan fingerprint density at radius 1 is 1.00 bits per heavy atom. The summed E-state index contributed by atoms with van der Waals surface area (Å²) in [7, 11) is 0. The second kappa shape index (κ2) is 8.73. The first-order valence-corrected chi connectivity index (χ1v) is 7.80. The van der Waals surface area contributed by atoms with Gasteiger partial charge in [-0.1, -0.05) is 18.2 Å². The number of hydrogen-bond donors (Lipinski definition) is 1. The SMILES string of the molecule is CC(OC(=O)CCC(=O)c1ccc(F)cc1)C(=O)Nc1ccccc1. The van der Waals surface area contributed by atoms with Crippen molar-refractivity contribution in [2.45, 2.75) is 25.9 Å². The van der Waals surface area contributed by atoms with Gasteiger partial charge >= 0.3 is 5.97 Å². The Labute approximate surface area is 144 Å². The van der Waals surface area contributed by atoms with Gasteiger partial charge in [-0.05, 0) is 43.3 Å². The van der Waals surface area contributed by atoms with E-state index < -0.39 is 23.8 Å². The fourth-order valence-electron chi connectivity index (χ4n) is 2.07. The Morgan fingerprint density at radius 3 is 2.28 bits per heavy atom. The molecule has 2 rings (SSSR count). The van der Waals surface area contributed by atoms with Gasteiger partial charge < -0.3 is 10.1 Å². The summed E-state index contributed by atoms with van der Waals surface area (Å²) < 4.78 is 17.8. The molecule has 0 bridgehead atoms. The predicted molar refractivity (Wildman–Crippen MR) is 90.6 cm³/mol. The Morgan fingerprint density at radius 2 is 1.64 bits per heavy atom. The minimum Gasteiger partial charge on any atom is -0.453 e. The van der Waals surface area contributed by atoms with Crippen molar-refractivity contribution in [3.05, 3.63) is 66.0 Å². The van der Waals surface area contributed by atoms with Gasteiger partial charge in [0, 0.05) is 17.7 Å². The highest BCUT2D eigenvalue weighted by Crippen LogP contribution is 2.10. The van der Waals surface area contributed by atoms with Gasteiger partial charge in [0.05, 0.1) is 6.42 Å². The summed E-state index contributed by atoms with van der Waals surface area (Å²) in [6.07, 6.45) is -1.20. The van der Waals surface area contributed by atoms with Gasteiger partial charge in [0.15, 0.2) is 11.9 Å². The maximum atomic E-state index is 12.8. The summed E-state index contributed by atoms with van der Waals surface area (Å²) in [4.78, 5) is 35.6. The number of carbonyl (C=O) groups is 3. The Balaban J connectivity index is 1.78. The number of anilines is 1. The summed E-state index contributed by atoms with van der Waals surface area (Å²) in [6.45, 7) is 1.46. The van der Waals surface area contributed by atoms with Crippen molar-refractivity contribution in [2.24, 2.45) is 0 Å². The molecule has 2 aromatic carbocycles. The van der Waals surface area contributed by atoms with Gasteiger partial charge in [-0.25, -0.2) is 4.39 Å². The first kappa shape index (κ1) is 18.3. The molecule has 1 unspecified atom stereocenters. The second-order valence-electron chi connectivity index (χ2n) is 5.42. The third-order valence-electron chi connectivity index (χ3n) is 3.44. The van der Waals surface area contributed by atoms with Crippen LogP contribution in [0.15, 0.2) is 54.6 Å². The highest BCUT2D eigenvalue weighted by molar-refractivity contribution is 5.98. The van der Waals surface area contributed by atoms with E-state index in [1.54, 1.807) is 24.3 Å². The number of benzene rings is 2. The van der Waals surface area contributed by atoms with E-state index in [-0.39, 0.29) is 18.6 Å². The van der Waals surface area contributed by atoms with Gasteiger partial charge in [0.2, 0.25) is 0 Å². The number of nitrogens with one attached hydrogen (secondary N) is 1. The van der Waals surface area contributed by atoms with Crippen molar-refractivity contribution in [2.75, 3.05) is 5.32 Å². The number of esters is 1. The smallest absolute Gasteiger partial charge is 0.307 e. The number of hydrogen-bond acceptors (Lipinski definition) is 4. The lowest BCUT2D eigenvalue weighted by Gasteiger charge is -2.13. The third kappa shape index (κ3) is 5.84. The maximum absolute atomic E-state index is 12.8. The molecule has 0 aliphatic heterocycles. The van der Waals surface area contributed by atoms with Crippen LogP contribution in [-0.4, -0.2) is 23.8 Å². The average molecular weight is 343 g/mol. The molecule has 0 heterocycles. The molecule has 130 valence electrons. The van der Waals surface area contributed by atoms with E-state index in [4.69, 9.17) is 4.74 Å². The van der Waals surface area contributed by atoms with E-state index in [1.807, 2.05) is 6.07 Å². The van der Waals surface area contributed by atoms with Crippen molar-refractivity contribution in [3.63, 3.8) is 0 Å². The summed E-state index contributed by atoms with van der Waals surface area (Å²) in [5, 5.41) is 2.62. The number of Topliss-reactive ketones (excluding diaryl/α,β-unsaturated/α-hetero) is 1. The first-order valence-electron chi connectivity index (χ1n) is 7.80. The molecule has 2 aromatic rings. The third-order valence-corrected chi connectivity index (χ3v) is 3.44. The van der Waals surface area contributed by atoms with Gasteiger partial charge in [0.1, 0.15) is 5.82 Å². The molecule has 0 radical (unpaired) electrons. The monoisotopic (exact) mass is 343 g/mol. The van der Waals surface area contributed by atoms with Crippen molar-refractivity contribution in [3.8, 4) is 0 Å². The van der Waals surface area contributed by atoms with Crippen LogP contribution in [0.5, 0.6) is 0 Å². The Kier molecular flexibility index (Phi) is 6.39. The van der Waals surface area contributed by atoms with Crippen LogP contribution < -0.4 is 5.32 Å². The minimum atomic E-state index is -0.978. The van der Waals surface area contributed by atoms with Crippen LogP contribution in [0, 0.1) is 5.82 Å². The van der Waals surface area contributed by atoms with Gasteiger partial charge in [-0.3, -0.25) is 14.4 Å². The lowest BCUT2D eigenvalue weighted by Crippen LogP contribution is -2.30. The molecular formula is C19H18FNO4. The second-order valence-corrected chi connectivity index (χ2v) is 5.42. The Bertz CT molecular complexity index is 744. The van der Waals surface area contributed by atoms with E-state index in [0.29, 0.717) is 11.3 Å². The fourth-order valence-corrected chi connectivity index (χ4v) is 2.07. The lowest BCUT2D eigenvalue weighted by molar-refractivity contribution is -0.153. The number of halogens is 1. The van der Waals surface area contributed by atoms with Crippen molar-refractivity contribution in [1.82, 2.24) is 0 Å². The molecule has 0 aliphatic rings. The van der Waals surface area contributed by atoms with E-state index in [9.17, 15) is 18.8 Å². The van der Waals surface area contributed by atoms with Crippen LogP contribution in [0.25, 0.3) is 0 Å². The average Bonchev–Trinajstić information content (AvgIpc) is 2.61. The highest BCUT2D eigenvalue weighted by atomic mass is 19.1. The van der Waals surface area contributed by atoms with E-state index in [1.165, 1.54) is 31.2 Å². The van der Waals surface area contributed by atoms with Crippen molar-refractivity contribution < 1.29 is 23.5 Å². The molecule has 0 saturated heterocycles. The number of rotatable bonds is 7. The van der Waals surface area contributed by atoms with E-state index >= 15 is 0 Å². The Hall–Kier alpha value is -3.02. The first-order chi connectivity index (χ1) is 12.0. The number of ketones is 1. The normalized spacial score (nSPS) is 11.4. The molecule has 1 N–H and O–H groups in total. The van der Waals surface area contributed by atoms with Crippen molar-refractivity contribution in [1.29, 1.82) is 0 Å². The fraction of sp³-hybridized carbons (Fsp3) is 0.211. The topological polar surface area (TPSA) is 72.5 Å². The number of ether oxygens (including phenoxy) is 1. The molecule has 5 nitrogen and oxygen atoms in total. The summed E-state index contributed by atoms with van der Waals surface area (Å²) in [5.41, 5.74) is 0.922. The van der Waals surface area contributed by atoms with Crippen LogP contribution in [0.2, 0.25) is 0 Å². The van der Waals surface area contributed by atoms with Crippen LogP contribution in [-0.2, 0) is 14.3 Å². The van der Waals surface area contributed by atoms with Crippen LogP contribution in [0.4, 0.5) is 10.1 Å². The lowest BCUT2D eigenvalue weighted by atomic mass is 10.1. The summed E-state index contributed by atoms with van der Waals surface area (Å²) in [6, 6.07) is 13.9. The molecule has 0 aliphatic carbocycles. The molecule has 1 atom stereocenters. The van der Waals surface area contributed by atoms with Gasteiger partial charge in [-0.15, -0.1) is 0 Å². The molecule has 0 fully saturated rings. The van der Waals surface area contributed by atoms with Gasteiger partial charge in [0.25, 0.3) is 5.91 Å². The summed E-state index contributed by atoms with van der Waals surface area (Å²) in [5.74, 6) is -1.83. The minimum absolute atomic E-state index is 0.0719. The zero-order valence-electron chi connectivity index (χ0n) is 13.7. The predicted octanol–water partition coefficient (Wildman–Crippen LogP) is 3.36. The van der Waals surface area contributed by atoms with Crippen LogP contribution in [0.1, 0.15) is 30.1 Å². The zero-order valence-corrected chi connectivity index (χ0v) is 13.7. The standard InChI is InChI=1S/C19H18FNO4/c1-13(19(24)21-16-5-3-2-4-6-16)25-18(23)12-11-17(22)14-7-9-15(20)10-8-14/h2-10,13H,11-12H2,1H3,(H,21,24). The number of carbonyl (C=O) groups excluding carboxylic acids is 3. The quantitative estimate of drug-likeness (QED) is 0.618. The number of amides is 1. The molecule has 1 amide bonds. The maximum Gasteiger partial charge on any atom is 0.307 e. The van der Waals surface area contributed by atoms with Crippen LogP contribution in [0.3, 0.4) is 0 Å². The van der Waals surface area contributed by atoms with E-state index in [0.717, 1.165) is 0 Å². The molecule has 0 spiro atoms. The van der Waals surface area contributed by atoms with Gasteiger partial charge in [-0.2, -0.15) is 0 Å². The molecule has 0 aromatic heterocycles. The van der Waals surface area contributed by atoms with E-state index in [2.05, 4.69) is 5.32 Å². The van der Waals surface area contributed by atoms with Crippen molar-refractivity contribution >= 4 is 23.3 Å². The highest BCUT2D eigenvalue weighted by Gasteiger charge is 2.18. The molecule has 0 saturated carbocycles. The molecular weight excluding hydrogens is 325 g/mol. The molecule has 25 heavy (non-hydrogen) atoms. The summed E-state index contributed by atoms with van der Waals surface area (Å²) >= 11 is 0. The zero-order chi connectivity index (χ0) is 18.2. The largest absolute Gasteiger partial charge is 0.453 e. The molecule has 6 heteroatoms.